The molecule has 0 aliphatic heterocycles. The minimum Gasteiger partial charge on any atom is -0.385 e. The van der Waals surface area contributed by atoms with Crippen LogP contribution < -0.4 is 5.32 Å². The number of hydrogen-bond acceptors (Lipinski definition) is 3. The summed E-state index contributed by atoms with van der Waals surface area (Å²) in [5, 5.41) is 3.58. The SMILES string of the molecule is CCCCCC(C)NCCSCCCOC. The van der Waals surface area contributed by atoms with Gasteiger partial charge in [-0.1, -0.05) is 26.2 Å². The van der Waals surface area contributed by atoms with Crippen LogP contribution in [0.3, 0.4) is 0 Å². The second-order valence-corrected chi connectivity index (χ2v) is 5.53. The van der Waals surface area contributed by atoms with E-state index in [0.717, 1.165) is 13.2 Å². The van der Waals surface area contributed by atoms with Crippen molar-refractivity contribution in [3.63, 3.8) is 0 Å². The van der Waals surface area contributed by atoms with E-state index in [2.05, 4.69) is 19.2 Å². The molecule has 1 N–H and O–H groups in total. The minimum atomic E-state index is 0.686. The predicted octanol–water partition coefficient (Wildman–Crippen LogP) is 3.31. The Labute approximate surface area is 106 Å². The molecule has 0 aromatic heterocycles. The van der Waals surface area contributed by atoms with E-state index in [1.54, 1.807) is 7.11 Å². The number of methoxy groups -OCH3 is 1. The summed E-state index contributed by atoms with van der Waals surface area (Å²) in [5.74, 6) is 2.45. The second-order valence-electron chi connectivity index (χ2n) is 4.31. The molecule has 0 amide bonds. The molecule has 0 aromatic rings. The maximum absolute atomic E-state index is 5.01. The summed E-state index contributed by atoms with van der Waals surface area (Å²) in [6.45, 7) is 6.60. The van der Waals surface area contributed by atoms with Crippen molar-refractivity contribution in [2.75, 3.05) is 31.8 Å². The van der Waals surface area contributed by atoms with E-state index < -0.39 is 0 Å². The van der Waals surface area contributed by atoms with Gasteiger partial charge in [0.15, 0.2) is 0 Å². The first-order valence-electron chi connectivity index (χ1n) is 6.61. The van der Waals surface area contributed by atoms with Gasteiger partial charge in [-0.2, -0.15) is 11.8 Å². The molecule has 1 atom stereocenters. The highest BCUT2D eigenvalue weighted by Crippen LogP contribution is 2.04. The van der Waals surface area contributed by atoms with Crippen LogP contribution in [0.5, 0.6) is 0 Å². The summed E-state index contributed by atoms with van der Waals surface area (Å²) in [6.07, 6.45) is 6.56. The van der Waals surface area contributed by atoms with Crippen LogP contribution in [-0.4, -0.2) is 37.8 Å². The van der Waals surface area contributed by atoms with Crippen LogP contribution in [0.1, 0.15) is 46.0 Å². The van der Waals surface area contributed by atoms with Gasteiger partial charge in [-0.15, -0.1) is 0 Å². The first-order valence-corrected chi connectivity index (χ1v) is 7.76. The van der Waals surface area contributed by atoms with E-state index in [-0.39, 0.29) is 0 Å². The van der Waals surface area contributed by atoms with Gasteiger partial charge in [-0.25, -0.2) is 0 Å². The monoisotopic (exact) mass is 247 g/mol. The topological polar surface area (TPSA) is 21.3 Å². The molecule has 0 radical (unpaired) electrons. The van der Waals surface area contributed by atoms with Crippen molar-refractivity contribution in [1.82, 2.24) is 5.32 Å². The molecule has 0 aliphatic rings. The fraction of sp³-hybridized carbons (Fsp3) is 1.00. The fourth-order valence-electron chi connectivity index (χ4n) is 1.59. The Morgan fingerprint density at radius 2 is 2.00 bits per heavy atom. The lowest BCUT2D eigenvalue weighted by Crippen LogP contribution is -2.28. The van der Waals surface area contributed by atoms with Gasteiger partial charge in [-0.05, 0) is 25.5 Å². The van der Waals surface area contributed by atoms with Crippen molar-refractivity contribution in [3.05, 3.63) is 0 Å². The molecule has 2 nitrogen and oxygen atoms in total. The molecule has 98 valence electrons. The summed E-state index contributed by atoms with van der Waals surface area (Å²) in [7, 11) is 1.77. The molecular formula is C13H29NOS. The molecule has 0 spiro atoms. The molecule has 16 heavy (non-hydrogen) atoms. The lowest BCUT2D eigenvalue weighted by atomic mass is 10.1. The normalized spacial score (nSPS) is 12.9. The lowest BCUT2D eigenvalue weighted by molar-refractivity contribution is 0.200. The van der Waals surface area contributed by atoms with Crippen LogP contribution in [0, 0.1) is 0 Å². The Hall–Kier alpha value is 0.270. The zero-order chi connectivity index (χ0) is 12.1. The van der Waals surface area contributed by atoms with E-state index in [9.17, 15) is 0 Å². The average Bonchev–Trinajstić information content (AvgIpc) is 2.28. The molecule has 0 rings (SSSR count). The van der Waals surface area contributed by atoms with Crippen molar-refractivity contribution in [2.24, 2.45) is 0 Å². The summed E-state index contributed by atoms with van der Waals surface area (Å²) >= 11 is 2.02. The van der Waals surface area contributed by atoms with E-state index in [0.29, 0.717) is 6.04 Å². The van der Waals surface area contributed by atoms with Crippen LogP contribution >= 0.6 is 11.8 Å². The van der Waals surface area contributed by atoms with E-state index in [4.69, 9.17) is 4.74 Å². The first-order chi connectivity index (χ1) is 7.81. The summed E-state index contributed by atoms with van der Waals surface area (Å²) in [5.41, 5.74) is 0. The third-order valence-corrected chi connectivity index (χ3v) is 3.69. The number of rotatable bonds is 12. The smallest absolute Gasteiger partial charge is 0.0470 e. The Balaban J connectivity index is 3.06. The summed E-state index contributed by atoms with van der Waals surface area (Å²) in [6, 6.07) is 0.686. The maximum atomic E-state index is 5.01. The Kier molecular flexibility index (Phi) is 13.6. The highest BCUT2D eigenvalue weighted by molar-refractivity contribution is 7.99. The van der Waals surface area contributed by atoms with Crippen molar-refractivity contribution in [3.8, 4) is 0 Å². The predicted molar refractivity (Wildman–Crippen MR) is 75.4 cm³/mol. The standard InChI is InChI=1S/C13H29NOS/c1-4-5-6-8-13(2)14-9-12-16-11-7-10-15-3/h13-14H,4-12H2,1-3H3. The number of unbranched alkanes of at least 4 members (excludes halogenated alkanes) is 2. The Morgan fingerprint density at radius 1 is 1.19 bits per heavy atom. The van der Waals surface area contributed by atoms with E-state index >= 15 is 0 Å². The molecule has 0 aromatic carbocycles. The highest BCUT2D eigenvalue weighted by Gasteiger charge is 1.99. The van der Waals surface area contributed by atoms with Gasteiger partial charge >= 0.3 is 0 Å². The molecule has 3 heteroatoms. The zero-order valence-electron chi connectivity index (χ0n) is 11.3. The molecule has 0 fully saturated rings. The third-order valence-electron chi connectivity index (χ3n) is 2.62. The molecule has 0 heterocycles. The Morgan fingerprint density at radius 3 is 2.69 bits per heavy atom. The molecule has 0 bridgehead atoms. The second kappa shape index (κ2) is 13.3. The van der Waals surface area contributed by atoms with Crippen LogP contribution in [-0.2, 0) is 4.74 Å². The van der Waals surface area contributed by atoms with Gasteiger partial charge in [0.1, 0.15) is 0 Å². The van der Waals surface area contributed by atoms with Crippen molar-refractivity contribution >= 4 is 11.8 Å². The zero-order valence-corrected chi connectivity index (χ0v) is 12.1. The number of ether oxygens (including phenoxy) is 1. The van der Waals surface area contributed by atoms with Gasteiger partial charge in [-0.3, -0.25) is 0 Å². The van der Waals surface area contributed by atoms with Crippen LogP contribution in [0.4, 0.5) is 0 Å². The van der Waals surface area contributed by atoms with Crippen LogP contribution in [0.15, 0.2) is 0 Å². The van der Waals surface area contributed by atoms with Crippen molar-refractivity contribution in [2.45, 2.75) is 52.0 Å². The fourth-order valence-corrected chi connectivity index (χ4v) is 2.38. The van der Waals surface area contributed by atoms with Gasteiger partial charge in [0.05, 0.1) is 0 Å². The molecule has 0 aliphatic carbocycles. The number of nitrogens with one attached hydrogen (secondary N) is 1. The van der Waals surface area contributed by atoms with E-state index in [1.165, 1.54) is 43.6 Å². The quantitative estimate of drug-likeness (QED) is 0.535. The van der Waals surface area contributed by atoms with Gasteiger partial charge in [0.25, 0.3) is 0 Å². The number of hydrogen-bond donors (Lipinski definition) is 1. The maximum Gasteiger partial charge on any atom is 0.0470 e. The summed E-state index contributed by atoms with van der Waals surface area (Å²) in [4.78, 5) is 0. The largest absolute Gasteiger partial charge is 0.385 e. The van der Waals surface area contributed by atoms with Gasteiger partial charge < -0.3 is 10.1 Å². The highest BCUT2D eigenvalue weighted by atomic mass is 32.2. The summed E-state index contributed by atoms with van der Waals surface area (Å²) < 4.78 is 5.01. The molecular weight excluding hydrogens is 218 g/mol. The Bertz CT molecular complexity index is 133. The third kappa shape index (κ3) is 12.3. The van der Waals surface area contributed by atoms with Crippen LogP contribution in [0.25, 0.3) is 0 Å². The van der Waals surface area contributed by atoms with Crippen molar-refractivity contribution < 1.29 is 4.74 Å². The van der Waals surface area contributed by atoms with E-state index in [1.807, 2.05) is 11.8 Å². The molecule has 0 saturated carbocycles. The van der Waals surface area contributed by atoms with Crippen molar-refractivity contribution in [1.29, 1.82) is 0 Å². The van der Waals surface area contributed by atoms with Gasteiger partial charge in [0.2, 0.25) is 0 Å². The average molecular weight is 247 g/mol. The lowest BCUT2D eigenvalue weighted by Gasteiger charge is -2.13. The van der Waals surface area contributed by atoms with Gasteiger partial charge in [0, 0.05) is 32.1 Å². The first kappa shape index (κ1) is 16.3. The molecule has 1 unspecified atom stereocenters. The molecule has 0 saturated heterocycles. The van der Waals surface area contributed by atoms with Crippen LogP contribution in [0.2, 0.25) is 0 Å². The minimum absolute atomic E-state index is 0.686. The number of thioether (sulfide) groups is 1.